The summed E-state index contributed by atoms with van der Waals surface area (Å²) in [6, 6.07) is 10.2. The van der Waals surface area contributed by atoms with Crippen LogP contribution in [0.2, 0.25) is 0 Å². The summed E-state index contributed by atoms with van der Waals surface area (Å²) in [6.45, 7) is 8.74. The van der Waals surface area contributed by atoms with Gasteiger partial charge in [-0.2, -0.15) is 5.10 Å². The highest BCUT2D eigenvalue weighted by atomic mass is 32.2. The first kappa shape index (κ1) is 25.3. The second-order valence-corrected chi connectivity index (χ2v) is 12.8. The highest BCUT2D eigenvalue weighted by Gasteiger charge is 2.48. The number of carbonyl (C=O) groups is 1. The van der Waals surface area contributed by atoms with Crippen LogP contribution in [0.3, 0.4) is 0 Å². The van der Waals surface area contributed by atoms with Crippen LogP contribution in [0.15, 0.2) is 36.4 Å². The molecular formula is C28H33N3O5S. The van der Waals surface area contributed by atoms with Gasteiger partial charge in [0.1, 0.15) is 22.9 Å². The molecule has 196 valence electrons. The molecule has 2 N–H and O–H groups in total. The number of rotatable bonds is 7. The Labute approximate surface area is 217 Å². The number of benzene rings is 2. The number of fused-ring (bicyclic) bond motifs is 1. The van der Waals surface area contributed by atoms with Crippen LogP contribution in [0.1, 0.15) is 65.5 Å². The fourth-order valence-electron chi connectivity index (χ4n) is 5.25. The lowest BCUT2D eigenvalue weighted by atomic mass is 9.93. The van der Waals surface area contributed by atoms with E-state index < -0.39 is 21.9 Å². The van der Waals surface area contributed by atoms with Gasteiger partial charge in [0.15, 0.2) is 9.84 Å². The summed E-state index contributed by atoms with van der Waals surface area (Å²) in [6.07, 6.45) is 1.30. The SMILES string of the molecule is Cc1cc(O)c(-c2n[nH]c3c2C(c2cccc(OCCC(C)C)c2)N(C2CCS(=O)(=O)C2)C3=O)cc1C. The second kappa shape index (κ2) is 9.52. The van der Waals surface area contributed by atoms with E-state index in [-0.39, 0.29) is 23.2 Å². The molecule has 0 radical (unpaired) electrons. The molecule has 0 bridgehead atoms. The number of hydrogen-bond donors (Lipinski definition) is 2. The van der Waals surface area contributed by atoms with Crippen LogP contribution in [0.4, 0.5) is 0 Å². The lowest BCUT2D eigenvalue weighted by Gasteiger charge is -2.31. The minimum Gasteiger partial charge on any atom is -0.507 e. The molecule has 8 nitrogen and oxygen atoms in total. The molecule has 1 aromatic heterocycles. The van der Waals surface area contributed by atoms with Crippen molar-refractivity contribution in [3.63, 3.8) is 0 Å². The highest BCUT2D eigenvalue weighted by molar-refractivity contribution is 7.91. The largest absolute Gasteiger partial charge is 0.507 e. The van der Waals surface area contributed by atoms with Gasteiger partial charge in [0, 0.05) is 17.2 Å². The van der Waals surface area contributed by atoms with Gasteiger partial charge in [-0.3, -0.25) is 9.89 Å². The summed E-state index contributed by atoms with van der Waals surface area (Å²) < 4.78 is 30.8. The molecule has 2 unspecified atom stereocenters. The molecule has 2 aliphatic rings. The van der Waals surface area contributed by atoms with Crippen LogP contribution in [-0.2, 0) is 9.84 Å². The topological polar surface area (TPSA) is 113 Å². The number of aryl methyl sites for hydroxylation is 2. The molecule has 2 aliphatic heterocycles. The summed E-state index contributed by atoms with van der Waals surface area (Å²) in [5.74, 6) is 0.992. The van der Waals surface area contributed by atoms with E-state index in [4.69, 9.17) is 4.74 Å². The van der Waals surface area contributed by atoms with Gasteiger partial charge >= 0.3 is 0 Å². The molecule has 2 atom stereocenters. The zero-order valence-corrected chi connectivity index (χ0v) is 22.4. The molecule has 0 aliphatic carbocycles. The van der Waals surface area contributed by atoms with Crippen LogP contribution < -0.4 is 4.74 Å². The van der Waals surface area contributed by atoms with Crippen LogP contribution in [0.5, 0.6) is 11.5 Å². The first-order valence-corrected chi connectivity index (χ1v) is 14.5. The Bertz CT molecular complexity index is 1460. The Kier molecular flexibility index (Phi) is 6.52. The van der Waals surface area contributed by atoms with E-state index in [1.165, 1.54) is 0 Å². The summed E-state index contributed by atoms with van der Waals surface area (Å²) in [4.78, 5) is 15.4. The van der Waals surface area contributed by atoms with Crippen molar-refractivity contribution in [1.29, 1.82) is 0 Å². The van der Waals surface area contributed by atoms with Crippen LogP contribution in [-0.4, -0.2) is 58.7 Å². The fourth-order valence-corrected chi connectivity index (χ4v) is 6.96. The lowest BCUT2D eigenvalue weighted by Crippen LogP contribution is -2.40. The molecule has 37 heavy (non-hydrogen) atoms. The standard InChI is InChI=1S/C28H33N3O5S/c1-16(2)8-10-36-21-7-5-6-19(14-21)27-24-25(22-12-17(3)18(4)13-23(22)32)29-30-26(24)28(33)31(27)20-9-11-37(34,35)15-20/h5-7,12-14,16,20,27,32H,8-11,15H2,1-4H3,(H,29,30). The minimum atomic E-state index is -3.22. The number of aromatic amines is 1. The molecule has 1 amide bonds. The van der Waals surface area contributed by atoms with E-state index in [0.717, 1.165) is 23.1 Å². The van der Waals surface area contributed by atoms with Crippen molar-refractivity contribution in [3.05, 3.63) is 64.3 Å². The van der Waals surface area contributed by atoms with Crippen molar-refractivity contribution in [2.75, 3.05) is 18.1 Å². The van der Waals surface area contributed by atoms with Crippen LogP contribution in [0, 0.1) is 19.8 Å². The van der Waals surface area contributed by atoms with Gasteiger partial charge < -0.3 is 14.7 Å². The molecule has 9 heteroatoms. The normalized spacial score (nSPS) is 20.6. The Morgan fingerprint density at radius 3 is 2.65 bits per heavy atom. The first-order valence-electron chi connectivity index (χ1n) is 12.7. The number of hydrogen-bond acceptors (Lipinski definition) is 6. The quantitative estimate of drug-likeness (QED) is 0.470. The molecule has 1 saturated heterocycles. The van der Waals surface area contributed by atoms with Gasteiger partial charge in [-0.25, -0.2) is 8.42 Å². The average molecular weight is 524 g/mol. The smallest absolute Gasteiger partial charge is 0.273 e. The molecule has 1 fully saturated rings. The Morgan fingerprint density at radius 2 is 1.95 bits per heavy atom. The number of phenolic OH excluding ortho intramolecular Hbond substituents is 1. The number of aromatic nitrogens is 2. The van der Waals surface area contributed by atoms with Gasteiger partial charge in [0.25, 0.3) is 5.91 Å². The van der Waals surface area contributed by atoms with Crippen LogP contribution in [0.25, 0.3) is 11.3 Å². The maximum absolute atomic E-state index is 13.7. The van der Waals surface area contributed by atoms with E-state index >= 15 is 0 Å². The monoisotopic (exact) mass is 523 g/mol. The van der Waals surface area contributed by atoms with E-state index in [0.29, 0.717) is 47.2 Å². The number of carbonyl (C=O) groups excluding carboxylic acids is 1. The number of aromatic hydroxyl groups is 1. The number of sulfone groups is 1. The first-order chi connectivity index (χ1) is 17.6. The van der Waals surface area contributed by atoms with E-state index in [1.807, 2.05) is 44.2 Å². The van der Waals surface area contributed by atoms with Gasteiger partial charge in [-0.1, -0.05) is 26.0 Å². The third kappa shape index (κ3) is 4.72. The molecule has 2 aromatic carbocycles. The average Bonchev–Trinajstić information content (AvgIpc) is 3.49. The van der Waals surface area contributed by atoms with E-state index in [9.17, 15) is 18.3 Å². The third-order valence-corrected chi connectivity index (χ3v) is 9.16. The number of nitrogens with zero attached hydrogens (tertiary/aromatic N) is 2. The van der Waals surface area contributed by atoms with Gasteiger partial charge in [-0.05, 0) is 73.6 Å². The van der Waals surface area contributed by atoms with Gasteiger partial charge in [0.05, 0.1) is 24.2 Å². The third-order valence-electron chi connectivity index (χ3n) is 7.41. The Hall–Kier alpha value is -3.33. The van der Waals surface area contributed by atoms with Gasteiger partial charge in [-0.15, -0.1) is 0 Å². The van der Waals surface area contributed by atoms with Crippen molar-refractivity contribution in [2.45, 2.75) is 52.6 Å². The number of nitrogens with one attached hydrogen (secondary N) is 1. The number of H-pyrrole nitrogens is 1. The fraction of sp³-hybridized carbons (Fsp3) is 0.429. The van der Waals surface area contributed by atoms with Crippen LogP contribution >= 0.6 is 0 Å². The summed E-state index contributed by atoms with van der Waals surface area (Å²) in [7, 11) is -3.22. The molecule has 0 spiro atoms. The molecular weight excluding hydrogens is 490 g/mol. The molecule has 5 rings (SSSR count). The van der Waals surface area contributed by atoms with Crippen molar-refractivity contribution in [3.8, 4) is 22.8 Å². The Balaban J connectivity index is 1.62. The van der Waals surface area contributed by atoms with Crippen molar-refractivity contribution in [2.24, 2.45) is 5.92 Å². The number of phenols is 1. The predicted octanol–water partition coefficient (Wildman–Crippen LogP) is 4.56. The van der Waals surface area contributed by atoms with Crippen molar-refractivity contribution >= 4 is 15.7 Å². The minimum absolute atomic E-state index is 0.0590. The molecule has 3 heterocycles. The molecule has 3 aromatic rings. The zero-order chi connectivity index (χ0) is 26.5. The summed E-state index contributed by atoms with van der Waals surface area (Å²) in [5, 5.41) is 18.2. The number of ether oxygens (including phenoxy) is 1. The van der Waals surface area contributed by atoms with Gasteiger partial charge in [0.2, 0.25) is 0 Å². The zero-order valence-electron chi connectivity index (χ0n) is 21.6. The highest BCUT2D eigenvalue weighted by Crippen LogP contribution is 2.47. The van der Waals surface area contributed by atoms with E-state index in [2.05, 4.69) is 24.0 Å². The van der Waals surface area contributed by atoms with E-state index in [1.54, 1.807) is 11.0 Å². The number of amides is 1. The maximum atomic E-state index is 13.7. The maximum Gasteiger partial charge on any atom is 0.273 e. The predicted molar refractivity (Wildman–Crippen MR) is 142 cm³/mol. The summed E-state index contributed by atoms with van der Waals surface area (Å²) in [5.41, 5.74) is 4.74. The van der Waals surface area contributed by atoms with Crippen molar-refractivity contribution in [1.82, 2.24) is 15.1 Å². The van der Waals surface area contributed by atoms with Crippen molar-refractivity contribution < 1.29 is 23.1 Å². The molecule has 0 saturated carbocycles. The lowest BCUT2D eigenvalue weighted by molar-refractivity contribution is 0.0677. The summed E-state index contributed by atoms with van der Waals surface area (Å²) >= 11 is 0. The Morgan fingerprint density at radius 1 is 1.19 bits per heavy atom. The second-order valence-electron chi connectivity index (χ2n) is 10.6.